The van der Waals surface area contributed by atoms with E-state index in [0.717, 1.165) is 10.8 Å². The van der Waals surface area contributed by atoms with Crippen LogP contribution in [0.3, 0.4) is 0 Å². The summed E-state index contributed by atoms with van der Waals surface area (Å²) in [5.74, 6) is 0.607. The lowest BCUT2D eigenvalue weighted by molar-refractivity contribution is 0.215. The van der Waals surface area contributed by atoms with Gasteiger partial charge in [0.05, 0.1) is 10.7 Å². The van der Waals surface area contributed by atoms with Gasteiger partial charge in [0.1, 0.15) is 0 Å². The zero-order valence-corrected chi connectivity index (χ0v) is 11.8. The average molecular weight is 294 g/mol. The minimum Gasteiger partial charge on any atom is -0.338 e. The third-order valence-corrected chi connectivity index (χ3v) is 4.36. The fraction of sp³-hybridized carbons (Fsp3) is 0.300. The van der Waals surface area contributed by atoms with Gasteiger partial charge >= 0.3 is 6.09 Å². The van der Waals surface area contributed by atoms with Gasteiger partial charge in [-0.25, -0.2) is 9.00 Å². The van der Waals surface area contributed by atoms with E-state index in [0.29, 0.717) is 16.5 Å². The van der Waals surface area contributed by atoms with E-state index in [1.807, 2.05) is 6.92 Å². The largest absolute Gasteiger partial charge is 0.428 e. The Morgan fingerprint density at radius 3 is 2.76 bits per heavy atom. The third kappa shape index (κ3) is 4.22. The Labute approximate surface area is 111 Å². The van der Waals surface area contributed by atoms with E-state index in [4.69, 9.17) is 15.8 Å². The predicted octanol–water partition coefficient (Wildman–Crippen LogP) is 3.24. The highest BCUT2D eigenvalue weighted by atomic mass is 35.5. The molecule has 0 saturated heterocycles. The van der Waals surface area contributed by atoms with Crippen LogP contribution in [0.1, 0.15) is 6.92 Å². The molecule has 1 amide bonds. The Morgan fingerprint density at radius 2 is 2.18 bits per heavy atom. The first-order valence-corrected chi connectivity index (χ1v) is 7.77. The first-order chi connectivity index (χ1) is 8.06. The van der Waals surface area contributed by atoms with Gasteiger partial charge in [-0.15, -0.1) is 0 Å². The number of para-hydroxylation sites is 1. The third-order valence-electron chi connectivity index (χ3n) is 1.84. The molecule has 7 heteroatoms. The number of anilines is 1. The molecule has 0 aliphatic carbocycles. The maximum Gasteiger partial charge on any atom is 0.428 e. The Kier molecular flexibility index (Phi) is 5.80. The van der Waals surface area contributed by atoms with E-state index in [1.54, 1.807) is 24.3 Å². The standard InChI is InChI=1S/C10H12ClNO3S2/c1-3-16-17(14)15-10(13)12(2)9-7-5-4-6-8(9)11/h4-7H,3H2,1-2H3. The number of benzene rings is 1. The summed E-state index contributed by atoms with van der Waals surface area (Å²) < 4.78 is 16.0. The lowest BCUT2D eigenvalue weighted by Gasteiger charge is -2.16. The van der Waals surface area contributed by atoms with Crippen molar-refractivity contribution in [3.05, 3.63) is 29.3 Å². The van der Waals surface area contributed by atoms with Crippen LogP contribution in [0, 0.1) is 0 Å². The van der Waals surface area contributed by atoms with Crippen molar-refractivity contribution in [2.24, 2.45) is 0 Å². The Balaban J connectivity index is 2.70. The molecule has 1 unspecified atom stereocenters. The van der Waals surface area contributed by atoms with E-state index in [9.17, 15) is 9.00 Å². The van der Waals surface area contributed by atoms with Gasteiger partial charge in [0.2, 0.25) is 0 Å². The first kappa shape index (κ1) is 14.3. The van der Waals surface area contributed by atoms with Crippen LogP contribution in [0.15, 0.2) is 24.3 Å². The van der Waals surface area contributed by atoms with Crippen LogP contribution < -0.4 is 4.90 Å². The summed E-state index contributed by atoms with van der Waals surface area (Å²) in [6.07, 6.45) is -0.697. The molecule has 0 radical (unpaired) electrons. The minimum atomic E-state index is -1.67. The molecule has 0 heterocycles. The summed E-state index contributed by atoms with van der Waals surface area (Å²) >= 11 is 5.93. The maximum atomic E-state index is 11.6. The van der Waals surface area contributed by atoms with Crippen LogP contribution in [-0.2, 0) is 14.3 Å². The van der Waals surface area contributed by atoms with Crippen LogP contribution in [0.25, 0.3) is 0 Å². The molecule has 1 rings (SSSR count). The Bertz CT molecular complexity index is 428. The molecule has 0 aromatic heterocycles. The summed E-state index contributed by atoms with van der Waals surface area (Å²) in [6, 6.07) is 6.86. The van der Waals surface area contributed by atoms with Gasteiger partial charge in [0.15, 0.2) is 0 Å². The van der Waals surface area contributed by atoms with Gasteiger partial charge in [-0.2, -0.15) is 0 Å². The van der Waals surface area contributed by atoms with Crippen molar-refractivity contribution in [3.8, 4) is 0 Å². The van der Waals surface area contributed by atoms with Crippen LogP contribution in [-0.4, -0.2) is 23.1 Å². The minimum absolute atomic E-state index is 0.431. The highest BCUT2D eigenvalue weighted by Gasteiger charge is 2.17. The molecule has 0 N–H and O–H groups in total. The van der Waals surface area contributed by atoms with Gasteiger partial charge in [-0.1, -0.05) is 30.7 Å². The molecule has 94 valence electrons. The number of nitrogens with zero attached hydrogens (tertiary/aromatic N) is 1. The maximum absolute atomic E-state index is 11.6. The lowest BCUT2D eigenvalue weighted by atomic mass is 10.3. The molecule has 0 bridgehead atoms. The van der Waals surface area contributed by atoms with E-state index >= 15 is 0 Å². The molecule has 1 aromatic carbocycles. The van der Waals surface area contributed by atoms with Gasteiger partial charge in [0, 0.05) is 12.8 Å². The first-order valence-electron chi connectivity index (χ1n) is 4.81. The molecule has 0 spiro atoms. The molecule has 17 heavy (non-hydrogen) atoms. The van der Waals surface area contributed by atoms with Crippen molar-refractivity contribution >= 4 is 44.3 Å². The molecule has 0 fully saturated rings. The van der Waals surface area contributed by atoms with Crippen molar-refractivity contribution in [1.82, 2.24) is 0 Å². The highest BCUT2D eigenvalue weighted by molar-refractivity contribution is 8.67. The number of hydrogen-bond acceptors (Lipinski definition) is 4. The van der Waals surface area contributed by atoms with Crippen molar-refractivity contribution in [2.75, 3.05) is 17.7 Å². The molecular formula is C10H12ClNO3S2. The van der Waals surface area contributed by atoms with Gasteiger partial charge < -0.3 is 4.18 Å². The second-order valence-corrected chi connectivity index (χ2v) is 6.29. The second-order valence-electron chi connectivity index (χ2n) is 2.97. The monoisotopic (exact) mass is 293 g/mol. The quantitative estimate of drug-likeness (QED) is 0.800. The summed E-state index contributed by atoms with van der Waals surface area (Å²) in [7, 11) is 0.888. The number of hydrogen-bond donors (Lipinski definition) is 0. The van der Waals surface area contributed by atoms with Crippen molar-refractivity contribution in [2.45, 2.75) is 6.92 Å². The molecular weight excluding hydrogens is 282 g/mol. The lowest BCUT2D eigenvalue weighted by Crippen LogP contribution is -2.27. The van der Waals surface area contributed by atoms with Gasteiger partial charge in [-0.3, -0.25) is 4.90 Å². The van der Waals surface area contributed by atoms with Gasteiger partial charge in [-0.05, 0) is 22.9 Å². The fourth-order valence-corrected chi connectivity index (χ4v) is 2.68. The average Bonchev–Trinajstić information content (AvgIpc) is 2.29. The SMILES string of the molecule is CCSS(=O)OC(=O)N(C)c1ccccc1Cl. The smallest absolute Gasteiger partial charge is 0.338 e. The molecule has 1 aromatic rings. The summed E-state index contributed by atoms with van der Waals surface area (Å²) in [5.41, 5.74) is 0.512. The van der Waals surface area contributed by atoms with Crippen molar-refractivity contribution in [3.63, 3.8) is 0 Å². The number of carbonyl (C=O) groups excluding carboxylic acids is 1. The molecule has 1 atom stereocenters. The number of amides is 1. The van der Waals surface area contributed by atoms with Crippen molar-refractivity contribution in [1.29, 1.82) is 0 Å². The van der Waals surface area contributed by atoms with E-state index < -0.39 is 16.2 Å². The predicted molar refractivity (Wildman–Crippen MR) is 72.6 cm³/mol. The van der Waals surface area contributed by atoms with E-state index in [-0.39, 0.29) is 0 Å². The second kappa shape index (κ2) is 6.88. The van der Waals surface area contributed by atoms with Crippen LogP contribution in [0.4, 0.5) is 10.5 Å². The number of rotatable bonds is 4. The topological polar surface area (TPSA) is 46.6 Å². The van der Waals surface area contributed by atoms with Crippen LogP contribution >= 0.6 is 22.4 Å². The van der Waals surface area contributed by atoms with Crippen LogP contribution in [0.2, 0.25) is 5.02 Å². The normalized spacial score (nSPS) is 11.9. The highest BCUT2D eigenvalue weighted by Crippen LogP contribution is 2.25. The number of carbonyl (C=O) groups is 1. The summed E-state index contributed by atoms with van der Waals surface area (Å²) in [4.78, 5) is 12.8. The molecule has 0 aliphatic rings. The fourth-order valence-electron chi connectivity index (χ4n) is 1.06. The molecule has 0 saturated carbocycles. The van der Waals surface area contributed by atoms with Crippen LogP contribution in [0.5, 0.6) is 0 Å². The van der Waals surface area contributed by atoms with E-state index in [2.05, 4.69) is 0 Å². The molecule has 0 aliphatic heterocycles. The van der Waals surface area contributed by atoms with Crippen molar-refractivity contribution < 1.29 is 13.2 Å². The Hall–Kier alpha value is -0.720. The van der Waals surface area contributed by atoms with Gasteiger partial charge in [0.25, 0.3) is 10.1 Å². The Morgan fingerprint density at radius 1 is 1.53 bits per heavy atom. The van der Waals surface area contributed by atoms with E-state index in [1.165, 1.54) is 11.9 Å². The summed E-state index contributed by atoms with van der Waals surface area (Å²) in [5, 5.41) is 0.431. The molecule has 4 nitrogen and oxygen atoms in total. The zero-order valence-electron chi connectivity index (χ0n) is 9.38. The number of halogens is 1. The zero-order chi connectivity index (χ0) is 12.8. The summed E-state index contributed by atoms with van der Waals surface area (Å²) in [6.45, 7) is 1.83.